The van der Waals surface area contributed by atoms with Gasteiger partial charge in [-0.2, -0.15) is 0 Å². The van der Waals surface area contributed by atoms with Crippen LogP contribution in [0.4, 0.5) is 4.39 Å². The average molecular weight is 120 g/mol. The van der Waals surface area contributed by atoms with Crippen LogP contribution in [-0.4, -0.2) is 6.67 Å². The highest BCUT2D eigenvalue weighted by atomic mass is 19.1. The lowest BCUT2D eigenvalue weighted by Crippen LogP contribution is -1.77. The average Bonchev–Trinajstić information content (AvgIpc) is 1.85. The summed E-state index contributed by atoms with van der Waals surface area (Å²) in [5, 5.41) is 0. The third kappa shape index (κ3) is 5.93. The molecule has 0 nitrogen and oxygen atoms in total. The van der Waals surface area contributed by atoms with Crippen molar-refractivity contribution >= 4 is 0 Å². The molecule has 0 saturated heterocycles. The van der Waals surface area contributed by atoms with Gasteiger partial charge in [-0.1, -0.05) is 32.6 Å². The number of halogens is 1. The van der Waals surface area contributed by atoms with Gasteiger partial charge in [-0.3, -0.25) is 4.39 Å². The van der Waals surface area contributed by atoms with Crippen molar-refractivity contribution in [1.82, 2.24) is 0 Å². The van der Waals surface area contributed by atoms with Gasteiger partial charge in [-0.25, -0.2) is 0 Å². The first-order valence-electron chi connectivity index (χ1n) is 3.87. The molecule has 0 aromatic carbocycles. The van der Waals surface area contributed by atoms with Gasteiger partial charge in [0.25, 0.3) is 0 Å². The highest BCUT2D eigenvalue weighted by molar-refractivity contribution is 4.39. The van der Waals surface area contributed by atoms with Crippen molar-refractivity contribution < 1.29 is 5.76 Å². The minimum absolute atomic E-state index is 0.0225. The number of hydrogen-bond acceptors (Lipinski definition) is 0. The molecule has 0 rings (SSSR count). The van der Waals surface area contributed by atoms with Crippen LogP contribution in [-0.2, 0) is 0 Å². The first kappa shape index (κ1) is 6.06. The maximum absolute atomic E-state index is 11.5. The molecular weight excluding hydrogens is 103 g/mol. The fourth-order valence-corrected chi connectivity index (χ4v) is 0.570. The van der Waals surface area contributed by atoms with E-state index in [0.717, 1.165) is 19.3 Å². The third-order valence-corrected chi connectivity index (χ3v) is 1.03. The van der Waals surface area contributed by atoms with Gasteiger partial charge >= 0.3 is 0 Å². The molecular formula is C7H15F. The monoisotopic (exact) mass is 120 g/mol. The molecule has 0 spiro atoms. The van der Waals surface area contributed by atoms with Crippen molar-refractivity contribution in [2.75, 3.05) is 6.67 Å². The summed E-state index contributed by atoms with van der Waals surface area (Å²) in [6, 6.07) is 0. The van der Waals surface area contributed by atoms with Gasteiger partial charge in [-0.05, 0) is 6.42 Å². The van der Waals surface area contributed by atoms with Crippen LogP contribution in [0.25, 0.3) is 0 Å². The summed E-state index contributed by atoms with van der Waals surface area (Å²) in [5.41, 5.74) is 0. The fraction of sp³-hybridized carbons (Fsp3) is 1.00. The molecule has 0 aliphatic heterocycles. The molecule has 0 heterocycles. The van der Waals surface area contributed by atoms with Crippen LogP contribution in [0.5, 0.6) is 0 Å². The van der Waals surface area contributed by atoms with E-state index in [0.29, 0.717) is 6.42 Å². The molecule has 1 unspecified atom stereocenters. The number of alkyl halides is 1. The van der Waals surface area contributed by atoms with Crippen LogP contribution >= 0.6 is 0 Å². The second kappa shape index (κ2) is 6.93. The second-order valence-electron chi connectivity index (χ2n) is 1.91. The van der Waals surface area contributed by atoms with Crippen LogP contribution < -0.4 is 0 Å². The van der Waals surface area contributed by atoms with Gasteiger partial charge in [0.2, 0.25) is 0 Å². The zero-order chi connectivity index (χ0) is 7.11. The Morgan fingerprint density at radius 1 is 1.38 bits per heavy atom. The van der Waals surface area contributed by atoms with Gasteiger partial charge in [0.05, 0.1) is 6.67 Å². The van der Waals surface area contributed by atoms with Gasteiger partial charge in [0.1, 0.15) is 0 Å². The summed E-state index contributed by atoms with van der Waals surface area (Å²) in [4.78, 5) is 0. The first-order chi connectivity index (χ1) is 4.31. The van der Waals surface area contributed by atoms with E-state index in [2.05, 4.69) is 6.92 Å². The van der Waals surface area contributed by atoms with Gasteiger partial charge in [-0.15, -0.1) is 0 Å². The van der Waals surface area contributed by atoms with E-state index in [4.69, 9.17) is 1.37 Å². The quantitative estimate of drug-likeness (QED) is 0.523. The maximum Gasteiger partial charge on any atom is 0.0894 e. The first-order valence-corrected chi connectivity index (χ1v) is 3.29. The Labute approximate surface area is 52.5 Å². The summed E-state index contributed by atoms with van der Waals surface area (Å²) in [6.07, 6.45) is 3.23. The van der Waals surface area contributed by atoms with Crippen molar-refractivity contribution in [2.45, 2.75) is 39.0 Å². The number of hydrogen-bond donors (Lipinski definition) is 0. The van der Waals surface area contributed by atoms with E-state index in [1.807, 2.05) is 0 Å². The molecule has 8 heavy (non-hydrogen) atoms. The van der Waals surface area contributed by atoms with E-state index in [-0.39, 0.29) is 13.1 Å². The standard InChI is InChI=1S/C7H15F/c1-2-3-4-5-6-7-8/h2-7H2,1H3/i4T. The predicted molar refractivity (Wildman–Crippen MR) is 34.7 cm³/mol. The molecule has 0 saturated carbocycles. The predicted octanol–water partition coefficient (Wildman–Crippen LogP) is 2.93. The van der Waals surface area contributed by atoms with E-state index in [9.17, 15) is 4.39 Å². The third-order valence-electron chi connectivity index (χ3n) is 1.03. The Balaban J connectivity index is 2.95. The fourth-order valence-electron chi connectivity index (χ4n) is 0.570. The molecule has 0 aliphatic rings. The van der Waals surface area contributed by atoms with E-state index >= 15 is 0 Å². The Kier molecular flexibility index (Phi) is 5.25. The van der Waals surface area contributed by atoms with Crippen LogP contribution in [0.3, 0.4) is 0 Å². The van der Waals surface area contributed by atoms with Crippen LogP contribution in [0.1, 0.15) is 40.4 Å². The minimum Gasteiger partial charge on any atom is -0.251 e. The van der Waals surface area contributed by atoms with Gasteiger partial charge in [0.15, 0.2) is 0 Å². The largest absolute Gasteiger partial charge is 0.251 e. The lowest BCUT2D eigenvalue weighted by atomic mass is 10.2. The van der Waals surface area contributed by atoms with E-state index < -0.39 is 0 Å². The molecule has 1 heteroatoms. The summed E-state index contributed by atoms with van der Waals surface area (Å²) >= 11 is 0. The normalized spacial score (nSPS) is 15.5. The summed E-state index contributed by atoms with van der Waals surface area (Å²) < 4.78 is 18.8. The van der Waals surface area contributed by atoms with Gasteiger partial charge < -0.3 is 0 Å². The van der Waals surface area contributed by atoms with Crippen molar-refractivity contribution in [3.05, 3.63) is 0 Å². The van der Waals surface area contributed by atoms with Crippen LogP contribution in [0.15, 0.2) is 0 Å². The molecule has 0 aromatic heterocycles. The van der Waals surface area contributed by atoms with Crippen molar-refractivity contribution in [3.63, 3.8) is 0 Å². The van der Waals surface area contributed by atoms with Crippen molar-refractivity contribution in [2.24, 2.45) is 0 Å². The Hall–Kier alpha value is -0.0700. The van der Waals surface area contributed by atoms with E-state index in [1.165, 1.54) is 0 Å². The highest BCUT2D eigenvalue weighted by Gasteiger charge is 1.84. The zero-order valence-electron chi connectivity index (χ0n) is 6.49. The highest BCUT2D eigenvalue weighted by Crippen LogP contribution is 2.01. The molecule has 0 fully saturated rings. The Bertz CT molecular complexity index is 56.9. The minimum atomic E-state index is -0.265. The molecule has 0 aromatic rings. The van der Waals surface area contributed by atoms with Crippen molar-refractivity contribution in [1.29, 1.82) is 0 Å². The molecule has 0 aliphatic carbocycles. The topological polar surface area (TPSA) is 0 Å². The molecule has 0 amide bonds. The molecule has 0 radical (unpaired) electrons. The molecule has 0 bridgehead atoms. The number of rotatable bonds is 5. The van der Waals surface area contributed by atoms with E-state index in [1.54, 1.807) is 0 Å². The Morgan fingerprint density at radius 2 is 2.12 bits per heavy atom. The molecule has 50 valence electrons. The smallest absolute Gasteiger partial charge is 0.0894 e. The summed E-state index contributed by atoms with van der Waals surface area (Å²) in [5.74, 6) is 0. The summed E-state index contributed by atoms with van der Waals surface area (Å²) in [7, 11) is 0. The van der Waals surface area contributed by atoms with Crippen LogP contribution in [0.2, 0.25) is 0 Å². The maximum atomic E-state index is 11.5. The summed E-state index contributed by atoms with van der Waals surface area (Å²) in [6.45, 7) is 1.79. The van der Waals surface area contributed by atoms with Gasteiger partial charge in [0, 0.05) is 1.37 Å². The molecule has 1 atom stereocenters. The Morgan fingerprint density at radius 3 is 2.62 bits per heavy atom. The second-order valence-corrected chi connectivity index (χ2v) is 1.91. The SMILES string of the molecule is [3H]C(CCC)CCCF. The molecule has 0 N–H and O–H groups in total. The zero-order valence-corrected chi connectivity index (χ0v) is 5.49. The van der Waals surface area contributed by atoms with Crippen molar-refractivity contribution in [3.8, 4) is 0 Å². The lowest BCUT2D eigenvalue weighted by Gasteiger charge is -1.92. The lowest BCUT2D eigenvalue weighted by molar-refractivity contribution is 0.452. The van der Waals surface area contributed by atoms with Crippen LogP contribution in [0, 0.1) is 0 Å².